The lowest BCUT2D eigenvalue weighted by atomic mass is 10.0. The van der Waals surface area contributed by atoms with Crippen LogP contribution in [0.3, 0.4) is 0 Å². The number of hydrogen-bond acceptors (Lipinski definition) is 5. The number of carbonyl (C=O) groups is 1. The summed E-state index contributed by atoms with van der Waals surface area (Å²) < 4.78 is -0.283. The lowest BCUT2D eigenvalue weighted by Gasteiger charge is -2.37. The van der Waals surface area contributed by atoms with Crippen molar-refractivity contribution >= 4 is 39.3 Å². The van der Waals surface area contributed by atoms with Crippen LogP contribution in [0.2, 0.25) is 0 Å². The van der Waals surface area contributed by atoms with Crippen LogP contribution < -0.4 is 20.5 Å². The maximum absolute atomic E-state index is 15.4. The van der Waals surface area contributed by atoms with Crippen LogP contribution in [0.25, 0.3) is 21.8 Å². The van der Waals surface area contributed by atoms with Gasteiger partial charge in [-0.25, -0.2) is 9.89 Å². The first-order valence-corrected chi connectivity index (χ1v) is 17.0. The monoisotopic (exact) mass is 672 g/mol. The fourth-order valence-electron chi connectivity index (χ4n) is 7.12. The molecular weight excluding hydrogens is 626 g/mol. The van der Waals surface area contributed by atoms with Crippen LogP contribution >= 0.6 is 0 Å². The number of urea groups is 1. The first kappa shape index (κ1) is 34.4. The average Bonchev–Trinajstić information content (AvgIpc) is 3.51. The van der Waals surface area contributed by atoms with Crippen LogP contribution in [0.5, 0.6) is 0 Å². The Kier molecular flexibility index (Phi) is 9.24. The molecule has 258 valence electrons. The number of benzene rings is 3. The second kappa shape index (κ2) is 13.4. The Hall–Kier alpha value is -5.48. The number of rotatable bonds is 9. The van der Waals surface area contributed by atoms with Gasteiger partial charge in [0.15, 0.2) is 0 Å². The zero-order chi connectivity index (χ0) is 35.9. The van der Waals surface area contributed by atoms with Crippen LogP contribution in [0, 0.1) is 34.6 Å². The smallest absolute Gasteiger partial charge is 0.378 e. The van der Waals surface area contributed by atoms with Crippen LogP contribution in [0.1, 0.15) is 51.6 Å². The molecule has 0 aliphatic carbocycles. The second-order valence-electron chi connectivity index (χ2n) is 13.9. The van der Waals surface area contributed by atoms with Gasteiger partial charge >= 0.3 is 6.03 Å². The zero-order valence-corrected chi connectivity index (χ0v) is 30.2. The van der Waals surface area contributed by atoms with Gasteiger partial charge in [0.25, 0.3) is 11.1 Å². The molecule has 2 amide bonds. The fraction of sp³-hybridized carbons (Fsp3) is 0.300. The van der Waals surface area contributed by atoms with E-state index in [1.165, 1.54) is 0 Å². The highest BCUT2D eigenvalue weighted by molar-refractivity contribution is 5.88. The van der Waals surface area contributed by atoms with E-state index in [2.05, 4.69) is 26.2 Å². The Bertz CT molecular complexity index is 2370. The third kappa shape index (κ3) is 6.58. The van der Waals surface area contributed by atoms with Crippen LogP contribution in [-0.2, 0) is 19.6 Å². The number of hydrogen-bond donors (Lipinski definition) is 3. The quantitative estimate of drug-likeness (QED) is 0.142. The minimum absolute atomic E-state index is 0.0495. The van der Waals surface area contributed by atoms with Crippen molar-refractivity contribution in [3.05, 3.63) is 132 Å². The minimum atomic E-state index is -0.283. The fourth-order valence-corrected chi connectivity index (χ4v) is 7.12. The van der Waals surface area contributed by atoms with Gasteiger partial charge in [0, 0.05) is 43.5 Å². The molecule has 0 saturated carbocycles. The van der Waals surface area contributed by atoms with Crippen molar-refractivity contribution in [2.75, 3.05) is 25.5 Å². The highest BCUT2D eigenvalue weighted by atomic mass is 16.2. The van der Waals surface area contributed by atoms with Gasteiger partial charge in [0.2, 0.25) is 5.82 Å². The summed E-state index contributed by atoms with van der Waals surface area (Å²) in [6.45, 7) is 12.5. The molecule has 3 aromatic heterocycles. The lowest BCUT2D eigenvalue weighted by molar-refractivity contribution is 0.146. The van der Waals surface area contributed by atoms with E-state index in [0.29, 0.717) is 23.5 Å². The van der Waals surface area contributed by atoms with Gasteiger partial charge in [-0.15, -0.1) is 0 Å². The number of aromatic amines is 3. The first-order valence-electron chi connectivity index (χ1n) is 17.0. The summed E-state index contributed by atoms with van der Waals surface area (Å²) in [5.41, 5.74) is 8.80. The molecule has 0 radical (unpaired) electrons. The van der Waals surface area contributed by atoms with Crippen molar-refractivity contribution in [1.29, 1.82) is 0 Å². The first-order chi connectivity index (χ1) is 23.8. The van der Waals surface area contributed by atoms with Gasteiger partial charge in [0.1, 0.15) is 13.1 Å². The number of quaternary nitrogens is 1. The third-order valence-electron chi connectivity index (χ3n) is 9.59. The van der Waals surface area contributed by atoms with E-state index in [1.54, 1.807) is 4.90 Å². The van der Waals surface area contributed by atoms with E-state index in [4.69, 9.17) is 0 Å². The molecule has 1 atom stereocenters. The number of nitrogens with zero attached hydrogens (tertiary/aromatic N) is 4. The predicted molar refractivity (Wildman–Crippen MR) is 203 cm³/mol. The summed E-state index contributed by atoms with van der Waals surface area (Å²) >= 11 is 0. The Labute approximate surface area is 292 Å². The number of carbonyl (C=O) groups excluding carboxylic acids is 1. The predicted octanol–water partition coefficient (Wildman–Crippen LogP) is 7.05. The Balaban J connectivity index is 1.54. The molecule has 0 fully saturated rings. The number of pyridine rings is 2. The number of aryl methyl sites for hydroxylation is 5. The molecule has 10 heteroatoms. The summed E-state index contributed by atoms with van der Waals surface area (Å²) in [6.07, 6.45) is 0. The van der Waals surface area contributed by atoms with Crippen molar-refractivity contribution < 1.29 is 4.79 Å². The average molecular weight is 673 g/mol. The summed E-state index contributed by atoms with van der Waals surface area (Å²) in [4.78, 5) is 52.7. The SMILES string of the molecule is CCN(Cc1cc2cc(C)cc(C)c2[nH]c1=O)C(=O)[N+](Cc1cccc(N(C)C)c1)(Cc1cc2cc(C)cc(C)c2[nH]c1=O)c1cc(C)n[nH]1. The Morgan fingerprint density at radius 1 is 0.760 bits per heavy atom. The van der Waals surface area contributed by atoms with Gasteiger partial charge in [-0.1, -0.05) is 35.4 Å². The summed E-state index contributed by atoms with van der Waals surface area (Å²) in [7, 11) is 3.96. The molecule has 6 rings (SSSR count). The molecule has 3 N–H and O–H groups in total. The number of nitrogens with one attached hydrogen (secondary N) is 3. The topological polar surface area (TPSA) is 118 Å². The standard InChI is InChI=1S/C40H45N7O3/c1-9-46(21-32-19-30-15-24(2)13-26(4)36(30)41-38(32)48)40(50)47(35-17-28(6)43-44-35,22-29-11-10-12-34(18-29)45(7)8)23-33-20-31-16-25(3)14-27(5)37(31)42-39(33)49/h10-20H,9,21-23H2,1-8H3,(H2-,41,42,43,44,48,49)/p+1. The molecule has 0 aliphatic rings. The van der Waals surface area contributed by atoms with Crippen LogP contribution in [0.4, 0.5) is 16.3 Å². The Morgan fingerprint density at radius 2 is 1.36 bits per heavy atom. The Morgan fingerprint density at radius 3 is 1.92 bits per heavy atom. The van der Waals surface area contributed by atoms with E-state index < -0.39 is 0 Å². The van der Waals surface area contributed by atoms with E-state index in [9.17, 15) is 9.59 Å². The van der Waals surface area contributed by atoms with Crippen molar-refractivity contribution in [2.24, 2.45) is 0 Å². The largest absolute Gasteiger partial charge is 0.426 e. The molecule has 0 saturated heterocycles. The maximum atomic E-state index is 15.4. The lowest BCUT2D eigenvalue weighted by Crippen LogP contribution is -2.59. The molecule has 6 aromatic rings. The van der Waals surface area contributed by atoms with Crippen LogP contribution in [0.15, 0.2) is 76.3 Å². The zero-order valence-electron chi connectivity index (χ0n) is 30.2. The van der Waals surface area contributed by atoms with Crippen molar-refractivity contribution in [3.63, 3.8) is 0 Å². The molecule has 0 bridgehead atoms. The van der Waals surface area contributed by atoms with Crippen molar-refractivity contribution in [3.8, 4) is 0 Å². The molecule has 3 heterocycles. The molecule has 1 unspecified atom stereocenters. The number of amides is 2. The van der Waals surface area contributed by atoms with E-state index in [1.807, 2.05) is 121 Å². The molecule has 0 spiro atoms. The van der Waals surface area contributed by atoms with Crippen LogP contribution in [-0.4, -0.2) is 51.7 Å². The van der Waals surface area contributed by atoms with Crippen molar-refractivity contribution in [2.45, 2.75) is 61.2 Å². The summed E-state index contributed by atoms with van der Waals surface area (Å²) in [5, 5.41) is 9.44. The van der Waals surface area contributed by atoms with Gasteiger partial charge in [-0.3, -0.25) is 14.5 Å². The molecular formula is C40H46N7O3+. The van der Waals surface area contributed by atoms with Gasteiger partial charge in [0.05, 0.1) is 28.8 Å². The van der Waals surface area contributed by atoms with Crippen molar-refractivity contribution in [1.82, 2.24) is 29.5 Å². The highest BCUT2D eigenvalue weighted by Crippen LogP contribution is 2.32. The highest BCUT2D eigenvalue weighted by Gasteiger charge is 2.45. The van der Waals surface area contributed by atoms with E-state index in [-0.39, 0.29) is 41.3 Å². The molecule has 0 aliphatic heterocycles. The normalized spacial score (nSPS) is 12.7. The minimum Gasteiger partial charge on any atom is -0.378 e. The van der Waals surface area contributed by atoms with E-state index in [0.717, 1.165) is 61.0 Å². The molecule has 3 aromatic carbocycles. The molecule has 50 heavy (non-hydrogen) atoms. The number of fused-ring (bicyclic) bond motifs is 2. The molecule has 10 nitrogen and oxygen atoms in total. The second-order valence-corrected chi connectivity index (χ2v) is 13.9. The van der Waals surface area contributed by atoms with Gasteiger partial charge in [-0.05, 0) is 99.8 Å². The number of anilines is 1. The maximum Gasteiger partial charge on any atom is 0.426 e. The van der Waals surface area contributed by atoms with Gasteiger partial charge < -0.3 is 14.9 Å². The van der Waals surface area contributed by atoms with E-state index >= 15 is 4.79 Å². The number of aromatic nitrogens is 4. The third-order valence-corrected chi connectivity index (χ3v) is 9.59. The summed E-state index contributed by atoms with van der Waals surface area (Å²) in [6, 6.07) is 21.7. The van der Waals surface area contributed by atoms with Gasteiger partial charge in [-0.2, -0.15) is 9.58 Å². The number of H-pyrrole nitrogens is 3. The summed E-state index contributed by atoms with van der Waals surface area (Å²) in [5.74, 6) is 0.555.